The van der Waals surface area contributed by atoms with Crippen molar-refractivity contribution < 1.29 is 19.4 Å². The van der Waals surface area contributed by atoms with Crippen LogP contribution in [0, 0.1) is 27.7 Å². The highest BCUT2D eigenvalue weighted by molar-refractivity contribution is 6.35. The van der Waals surface area contributed by atoms with E-state index in [0.717, 1.165) is 66.4 Å². The molecule has 3 aromatic heterocycles. The molecule has 256 valence electrons. The lowest BCUT2D eigenvalue weighted by Crippen LogP contribution is -2.42. The number of benzene rings is 3. The van der Waals surface area contributed by atoms with E-state index in [9.17, 15) is 14.7 Å². The van der Waals surface area contributed by atoms with Crippen molar-refractivity contribution in [1.29, 1.82) is 0 Å². The summed E-state index contributed by atoms with van der Waals surface area (Å²) in [6.45, 7) is 10.7. The number of fused-ring (bicyclic) bond motifs is 4. The van der Waals surface area contributed by atoms with Crippen molar-refractivity contribution in [2.75, 3.05) is 18.1 Å². The molecule has 0 saturated carbocycles. The monoisotopic (exact) mass is 709 g/mol. The minimum Gasteiger partial charge on any atom is -0.494 e. The molecule has 0 unspecified atom stereocenters. The molecular weight excluding hydrogens is 673 g/mol. The molecule has 11 heteroatoms. The van der Waals surface area contributed by atoms with Crippen molar-refractivity contribution in [2.45, 2.75) is 53.5 Å². The number of carboxylic acid groups (broad SMARTS) is 1. The summed E-state index contributed by atoms with van der Waals surface area (Å²) >= 11 is 13.4. The maximum atomic E-state index is 14.9. The number of rotatable bonds is 8. The molecule has 1 atom stereocenters. The molecule has 4 heterocycles. The maximum Gasteiger partial charge on any atom is 0.335 e. The molecule has 6 aromatic rings. The van der Waals surface area contributed by atoms with E-state index in [2.05, 4.69) is 21.5 Å². The highest BCUT2D eigenvalue weighted by Crippen LogP contribution is 2.45. The van der Waals surface area contributed by atoms with Gasteiger partial charge in [-0.15, -0.1) is 0 Å². The van der Waals surface area contributed by atoms with Gasteiger partial charge in [0.25, 0.3) is 5.91 Å². The van der Waals surface area contributed by atoms with Crippen LogP contribution < -0.4 is 9.64 Å². The molecule has 1 amide bonds. The normalized spacial score (nSPS) is 14.5. The number of anilines is 1. The fourth-order valence-corrected chi connectivity index (χ4v) is 7.83. The van der Waals surface area contributed by atoms with Gasteiger partial charge in [-0.25, -0.2) is 14.8 Å². The maximum absolute atomic E-state index is 14.9. The first-order chi connectivity index (χ1) is 23.9. The van der Waals surface area contributed by atoms with Gasteiger partial charge in [-0.1, -0.05) is 29.3 Å². The van der Waals surface area contributed by atoms with Crippen molar-refractivity contribution in [3.8, 4) is 16.9 Å². The van der Waals surface area contributed by atoms with Crippen LogP contribution in [-0.4, -0.2) is 49.2 Å². The van der Waals surface area contributed by atoms with Gasteiger partial charge in [-0.3, -0.25) is 4.79 Å². The number of carbonyl (C=O) groups is 2. The largest absolute Gasteiger partial charge is 0.494 e. The predicted molar refractivity (Wildman–Crippen MR) is 198 cm³/mol. The van der Waals surface area contributed by atoms with Crippen LogP contribution in [0.2, 0.25) is 10.0 Å². The Bertz CT molecular complexity index is 2330. The standard InChI is InChI=1S/C39H37Cl2N5O4/c1-20-14-26(15-21(2)35(20)41)50-13-7-8-27-28-10-11-30(40)34(33-23(4)42-19-43-24(33)5)36(28)46-22(3)17-45(38(47)37(27)46)32-18-44(6)31-12-9-25(39(48)49)16-29(31)32/h9-12,14-16,18-19,22H,7-8,13,17H2,1-6H3,(H,48,49)/t22-/m1/s1. The number of aromatic nitrogens is 4. The number of halogens is 2. The third-order valence-electron chi connectivity index (χ3n) is 9.79. The average molecular weight is 711 g/mol. The van der Waals surface area contributed by atoms with Gasteiger partial charge in [0.05, 0.1) is 28.4 Å². The zero-order valence-corrected chi connectivity index (χ0v) is 30.3. The smallest absolute Gasteiger partial charge is 0.335 e. The number of carboxylic acids is 1. The second-order valence-corrected chi connectivity index (χ2v) is 14.0. The van der Waals surface area contributed by atoms with Gasteiger partial charge in [-0.2, -0.15) is 0 Å². The van der Waals surface area contributed by atoms with Crippen LogP contribution in [0.4, 0.5) is 5.69 Å². The first-order valence-corrected chi connectivity index (χ1v) is 17.3. The van der Waals surface area contributed by atoms with Gasteiger partial charge < -0.3 is 23.9 Å². The number of amides is 1. The number of hydrogen-bond acceptors (Lipinski definition) is 5. The summed E-state index contributed by atoms with van der Waals surface area (Å²) in [4.78, 5) is 37.6. The molecule has 0 aliphatic carbocycles. The number of nitrogens with zero attached hydrogens (tertiary/aromatic N) is 5. The van der Waals surface area contributed by atoms with Crippen molar-refractivity contribution >= 4 is 62.6 Å². The first-order valence-electron chi connectivity index (χ1n) is 16.5. The van der Waals surface area contributed by atoms with Crippen LogP contribution >= 0.6 is 23.2 Å². The third kappa shape index (κ3) is 5.49. The Morgan fingerprint density at radius 3 is 2.36 bits per heavy atom. The highest BCUT2D eigenvalue weighted by atomic mass is 35.5. The van der Waals surface area contributed by atoms with E-state index in [4.69, 9.17) is 27.9 Å². The Kier molecular flexibility index (Phi) is 8.60. The molecule has 0 saturated heterocycles. The molecule has 0 fully saturated rings. The van der Waals surface area contributed by atoms with Crippen LogP contribution in [0.15, 0.2) is 55.0 Å². The van der Waals surface area contributed by atoms with E-state index in [0.29, 0.717) is 47.8 Å². The Labute approximate surface area is 300 Å². The second kappa shape index (κ2) is 12.8. The number of carbonyl (C=O) groups excluding carboxylic acids is 1. The van der Waals surface area contributed by atoms with E-state index in [1.165, 1.54) is 0 Å². The van der Waals surface area contributed by atoms with Crippen LogP contribution in [0.3, 0.4) is 0 Å². The topological polar surface area (TPSA) is 102 Å². The van der Waals surface area contributed by atoms with Gasteiger partial charge in [0.2, 0.25) is 0 Å². The molecule has 7 rings (SSSR count). The van der Waals surface area contributed by atoms with Gasteiger partial charge in [0.15, 0.2) is 0 Å². The predicted octanol–water partition coefficient (Wildman–Crippen LogP) is 9.06. The summed E-state index contributed by atoms with van der Waals surface area (Å²) in [7, 11) is 1.90. The fourth-order valence-electron chi connectivity index (χ4n) is 7.48. The Balaban J connectivity index is 1.38. The molecule has 0 spiro atoms. The van der Waals surface area contributed by atoms with E-state index in [1.807, 2.05) is 69.8 Å². The number of aromatic carboxylic acids is 1. The molecule has 9 nitrogen and oxygen atoms in total. The molecule has 1 N–H and O–H groups in total. The van der Waals surface area contributed by atoms with Crippen molar-refractivity contribution in [3.63, 3.8) is 0 Å². The molecule has 0 radical (unpaired) electrons. The highest BCUT2D eigenvalue weighted by Gasteiger charge is 2.37. The Morgan fingerprint density at radius 1 is 0.980 bits per heavy atom. The Hall–Kier alpha value is -4.86. The summed E-state index contributed by atoms with van der Waals surface area (Å²) in [6.07, 6.45) is 4.67. The minimum absolute atomic E-state index is 0.157. The Morgan fingerprint density at radius 2 is 1.68 bits per heavy atom. The van der Waals surface area contributed by atoms with E-state index >= 15 is 0 Å². The van der Waals surface area contributed by atoms with E-state index in [-0.39, 0.29) is 17.5 Å². The van der Waals surface area contributed by atoms with Crippen LogP contribution in [0.5, 0.6) is 5.75 Å². The zero-order chi connectivity index (χ0) is 35.6. The zero-order valence-electron chi connectivity index (χ0n) is 28.8. The molecule has 50 heavy (non-hydrogen) atoms. The molecule has 1 aliphatic rings. The number of ether oxygens (including phenoxy) is 1. The molecule has 0 bridgehead atoms. The van der Waals surface area contributed by atoms with E-state index < -0.39 is 5.97 Å². The fraction of sp³-hybridized carbons (Fsp3) is 0.282. The van der Waals surface area contributed by atoms with E-state index in [1.54, 1.807) is 29.4 Å². The summed E-state index contributed by atoms with van der Waals surface area (Å²) in [5.74, 6) is -0.425. The SMILES string of the molecule is Cc1cc(OCCCc2c3n(c4c(-c5c(C)ncnc5C)c(Cl)ccc24)[C@H](C)CN(c2cn(C)c4ccc(C(=O)O)cc24)C3=O)cc(C)c1Cl. The molecule has 3 aromatic carbocycles. The molecule has 1 aliphatic heterocycles. The summed E-state index contributed by atoms with van der Waals surface area (Å²) in [6, 6.07) is 12.6. The quantitative estimate of drug-likeness (QED) is 0.158. The summed E-state index contributed by atoms with van der Waals surface area (Å²) in [5.41, 5.74) is 9.20. The minimum atomic E-state index is -1.02. The summed E-state index contributed by atoms with van der Waals surface area (Å²) < 4.78 is 10.3. The second-order valence-electron chi connectivity index (χ2n) is 13.2. The lowest BCUT2D eigenvalue weighted by Gasteiger charge is -2.34. The van der Waals surface area contributed by atoms with Gasteiger partial charge in [-0.05, 0) is 101 Å². The van der Waals surface area contributed by atoms with Crippen LogP contribution in [-0.2, 0) is 13.5 Å². The third-order valence-corrected chi connectivity index (χ3v) is 10.7. The van der Waals surface area contributed by atoms with Gasteiger partial charge in [0, 0.05) is 69.7 Å². The first kappa shape index (κ1) is 33.6. The van der Waals surface area contributed by atoms with Crippen LogP contribution in [0.1, 0.15) is 68.3 Å². The molecular formula is C39H37Cl2N5O4. The van der Waals surface area contributed by atoms with Crippen molar-refractivity contribution in [3.05, 3.63) is 104 Å². The van der Waals surface area contributed by atoms with Crippen molar-refractivity contribution in [2.24, 2.45) is 7.05 Å². The average Bonchev–Trinajstić information content (AvgIpc) is 3.59. The lowest BCUT2D eigenvalue weighted by atomic mass is 9.97. The van der Waals surface area contributed by atoms with Gasteiger partial charge >= 0.3 is 5.97 Å². The van der Waals surface area contributed by atoms with Gasteiger partial charge in [0.1, 0.15) is 17.8 Å². The lowest BCUT2D eigenvalue weighted by molar-refractivity contribution is 0.0696. The van der Waals surface area contributed by atoms with Crippen LogP contribution in [0.25, 0.3) is 32.9 Å². The number of hydrogen-bond donors (Lipinski definition) is 1. The van der Waals surface area contributed by atoms with Crippen molar-refractivity contribution in [1.82, 2.24) is 19.1 Å². The number of aryl methyl sites for hydroxylation is 6. The summed E-state index contributed by atoms with van der Waals surface area (Å²) in [5, 5.41) is 12.7.